The SMILES string of the molecule is COC(=O)C1CCN(C(=O)C2CCCN(S(=O)(=O)c3ccc(Cl)cc3)C2)CC1. The van der Waals surface area contributed by atoms with Gasteiger partial charge in [0.1, 0.15) is 0 Å². The molecule has 154 valence electrons. The molecule has 2 aliphatic rings. The van der Waals surface area contributed by atoms with Crippen LogP contribution in [0.25, 0.3) is 0 Å². The number of likely N-dealkylation sites (tertiary alicyclic amines) is 1. The second-order valence-electron chi connectivity index (χ2n) is 7.28. The number of amides is 1. The molecule has 2 fully saturated rings. The van der Waals surface area contributed by atoms with Crippen molar-refractivity contribution in [2.24, 2.45) is 11.8 Å². The Kier molecular flexibility index (Phi) is 6.62. The standard InChI is InChI=1S/C19H25ClN2O5S/c1-27-19(24)14-8-11-21(12-9-14)18(23)15-3-2-10-22(13-15)28(25,26)17-6-4-16(20)5-7-17/h4-7,14-15H,2-3,8-13H2,1H3. The van der Waals surface area contributed by atoms with Gasteiger partial charge in [-0.15, -0.1) is 0 Å². The summed E-state index contributed by atoms with van der Waals surface area (Å²) in [5, 5.41) is 0.473. The molecule has 0 saturated carbocycles. The molecule has 2 saturated heterocycles. The number of halogens is 1. The van der Waals surface area contributed by atoms with E-state index in [-0.39, 0.29) is 35.2 Å². The number of rotatable bonds is 4. The Morgan fingerprint density at radius 2 is 1.68 bits per heavy atom. The maximum Gasteiger partial charge on any atom is 0.308 e. The number of sulfonamides is 1. The van der Waals surface area contributed by atoms with Crippen molar-refractivity contribution >= 4 is 33.5 Å². The lowest BCUT2D eigenvalue weighted by Crippen LogP contribution is -2.49. The molecular weight excluding hydrogens is 404 g/mol. The highest BCUT2D eigenvalue weighted by Gasteiger charge is 2.36. The van der Waals surface area contributed by atoms with E-state index < -0.39 is 10.0 Å². The number of methoxy groups -OCH3 is 1. The minimum Gasteiger partial charge on any atom is -0.469 e. The van der Waals surface area contributed by atoms with Gasteiger partial charge >= 0.3 is 5.97 Å². The molecular formula is C19H25ClN2O5S. The fourth-order valence-corrected chi connectivity index (χ4v) is 5.53. The third-order valence-electron chi connectivity index (χ3n) is 5.53. The molecule has 28 heavy (non-hydrogen) atoms. The van der Waals surface area contributed by atoms with Crippen molar-refractivity contribution in [3.63, 3.8) is 0 Å². The highest BCUT2D eigenvalue weighted by atomic mass is 35.5. The Bertz CT molecular complexity index is 819. The van der Waals surface area contributed by atoms with Crippen LogP contribution in [0.4, 0.5) is 0 Å². The first-order valence-corrected chi connectivity index (χ1v) is 11.3. The van der Waals surface area contributed by atoms with Gasteiger partial charge in [0.2, 0.25) is 15.9 Å². The maximum absolute atomic E-state index is 12.9. The number of piperidine rings is 2. The average Bonchev–Trinajstić information content (AvgIpc) is 2.73. The lowest BCUT2D eigenvalue weighted by Gasteiger charge is -2.37. The number of esters is 1. The van der Waals surface area contributed by atoms with E-state index in [1.54, 1.807) is 17.0 Å². The summed E-state index contributed by atoms with van der Waals surface area (Å²) >= 11 is 5.85. The Labute approximate surface area is 170 Å². The fraction of sp³-hybridized carbons (Fsp3) is 0.579. The van der Waals surface area contributed by atoms with Crippen molar-refractivity contribution < 1.29 is 22.7 Å². The molecule has 3 rings (SSSR count). The molecule has 1 unspecified atom stereocenters. The van der Waals surface area contributed by atoms with Crippen molar-refractivity contribution in [2.75, 3.05) is 33.3 Å². The fourth-order valence-electron chi connectivity index (χ4n) is 3.88. The monoisotopic (exact) mass is 428 g/mol. The van der Waals surface area contributed by atoms with Gasteiger partial charge in [0.25, 0.3) is 0 Å². The van der Waals surface area contributed by atoms with Crippen LogP contribution in [-0.2, 0) is 24.3 Å². The van der Waals surface area contributed by atoms with Gasteiger partial charge < -0.3 is 9.64 Å². The molecule has 0 spiro atoms. The molecule has 0 aromatic heterocycles. The quantitative estimate of drug-likeness (QED) is 0.686. The van der Waals surface area contributed by atoms with Crippen LogP contribution >= 0.6 is 11.6 Å². The summed E-state index contributed by atoms with van der Waals surface area (Å²) in [5.41, 5.74) is 0. The van der Waals surface area contributed by atoms with Crippen molar-refractivity contribution in [1.29, 1.82) is 0 Å². The van der Waals surface area contributed by atoms with Crippen molar-refractivity contribution in [1.82, 2.24) is 9.21 Å². The number of hydrogen-bond donors (Lipinski definition) is 0. The molecule has 0 aliphatic carbocycles. The van der Waals surface area contributed by atoms with Gasteiger partial charge in [-0.05, 0) is 49.9 Å². The molecule has 0 N–H and O–H groups in total. The summed E-state index contributed by atoms with van der Waals surface area (Å²) in [6.07, 6.45) is 2.47. The van der Waals surface area contributed by atoms with Gasteiger partial charge in [0.05, 0.1) is 23.8 Å². The molecule has 0 bridgehead atoms. The zero-order valence-corrected chi connectivity index (χ0v) is 17.4. The molecule has 2 aliphatic heterocycles. The summed E-state index contributed by atoms with van der Waals surface area (Å²) < 4.78 is 32.0. The highest BCUT2D eigenvalue weighted by Crippen LogP contribution is 2.27. The van der Waals surface area contributed by atoms with Crippen LogP contribution in [0.3, 0.4) is 0 Å². The van der Waals surface area contributed by atoms with E-state index in [4.69, 9.17) is 16.3 Å². The van der Waals surface area contributed by atoms with Gasteiger partial charge in [-0.2, -0.15) is 4.31 Å². The number of carbonyl (C=O) groups excluding carboxylic acids is 2. The third-order valence-corrected chi connectivity index (χ3v) is 7.66. The highest BCUT2D eigenvalue weighted by molar-refractivity contribution is 7.89. The first kappa shape index (κ1) is 21.1. The van der Waals surface area contributed by atoms with E-state index in [1.807, 2.05) is 0 Å². The predicted octanol–water partition coefficient (Wildman–Crippen LogP) is 2.15. The van der Waals surface area contributed by atoms with E-state index in [2.05, 4.69) is 0 Å². The zero-order chi connectivity index (χ0) is 20.3. The molecule has 1 aromatic carbocycles. The van der Waals surface area contributed by atoms with Gasteiger partial charge in [0.15, 0.2) is 0 Å². The molecule has 1 amide bonds. The van der Waals surface area contributed by atoms with Crippen LogP contribution < -0.4 is 0 Å². The van der Waals surface area contributed by atoms with Crippen LogP contribution in [0.5, 0.6) is 0 Å². The van der Waals surface area contributed by atoms with E-state index >= 15 is 0 Å². The third kappa shape index (κ3) is 4.50. The van der Waals surface area contributed by atoms with Gasteiger partial charge in [-0.1, -0.05) is 11.6 Å². The van der Waals surface area contributed by atoms with Crippen LogP contribution in [0.15, 0.2) is 29.2 Å². The van der Waals surface area contributed by atoms with E-state index in [9.17, 15) is 18.0 Å². The van der Waals surface area contributed by atoms with Gasteiger partial charge in [-0.25, -0.2) is 8.42 Å². The molecule has 2 heterocycles. The molecule has 9 heteroatoms. The number of ether oxygens (including phenoxy) is 1. The Hall–Kier alpha value is -1.64. The summed E-state index contributed by atoms with van der Waals surface area (Å²) in [6, 6.07) is 6.07. The minimum absolute atomic E-state index is 0.0284. The van der Waals surface area contributed by atoms with Gasteiger partial charge in [0, 0.05) is 31.2 Å². The molecule has 7 nitrogen and oxygen atoms in total. The van der Waals surface area contributed by atoms with Crippen molar-refractivity contribution in [2.45, 2.75) is 30.6 Å². The number of hydrogen-bond acceptors (Lipinski definition) is 5. The number of benzene rings is 1. The van der Waals surface area contributed by atoms with Crippen LogP contribution in [0.2, 0.25) is 5.02 Å². The van der Waals surface area contributed by atoms with E-state index in [1.165, 1.54) is 23.5 Å². The number of carbonyl (C=O) groups is 2. The lowest BCUT2D eigenvalue weighted by atomic mass is 9.93. The van der Waals surface area contributed by atoms with Gasteiger partial charge in [-0.3, -0.25) is 9.59 Å². The van der Waals surface area contributed by atoms with Crippen molar-refractivity contribution in [3.05, 3.63) is 29.3 Å². The number of nitrogens with zero attached hydrogens (tertiary/aromatic N) is 2. The van der Waals surface area contributed by atoms with Crippen LogP contribution in [-0.4, -0.2) is 62.8 Å². The topological polar surface area (TPSA) is 84.0 Å². The van der Waals surface area contributed by atoms with E-state index in [0.717, 1.165) is 0 Å². The summed E-state index contributed by atoms with van der Waals surface area (Å²) in [4.78, 5) is 26.5. The molecule has 1 atom stereocenters. The predicted molar refractivity (Wildman–Crippen MR) is 104 cm³/mol. The Balaban J connectivity index is 1.64. The van der Waals surface area contributed by atoms with Crippen LogP contribution in [0, 0.1) is 11.8 Å². The van der Waals surface area contributed by atoms with E-state index in [0.29, 0.717) is 50.3 Å². The van der Waals surface area contributed by atoms with Crippen molar-refractivity contribution in [3.8, 4) is 0 Å². The minimum atomic E-state index is -3.66. The zero-order valence-electron chi connectivity index (χ0n) is 15.8. The Morgan fingerprint density at radius 3 is 2.29 bits per heavy atom. The first-order valence-electron chi connectivity index (χ1n) is 9.45. The summed E-state index contributed by atoms with van der Waals surface area (Å²) in [5.74, 6) is -0.781. The second kappa shape index (κ2) is 8.80. The lowest BCUT2D eigenvalue weighted by molar-refractivity contribution is -0.149. The molecule has 1 aromatic rings. The van der Waals surface area contributed by atoms with Crippen LogP contribution in [0.1, 0.15) is 25.7 Å². The smallest absolute Gasteiger partial charge is 0.308 e. The maximum atomic E-state index is 12.9. The molecule has 0 radical (unpaired) electrons. The Morgan fingerprint density at radius 1 is 1.04 bits per heavy atom. The summed E-state index contributed by atoms with van der Waals surface area (Å²) in [6.45, 7) is 1.58. The largest absolute Gasteiger partial charge is 0.469 e. The second-order valence-corrected chi connectivity index (χ2v) is 9.65. The normalized spacial score (nSPS) is 22.1. The average molecular weight is 429 g/mol. The summed E-state index contributed by atoms with van der Waals surface area (Å²) in [7, 11) is -2.28. The first-order chi connectivity index (χ1) is 13.3.